The highest BCUT2D eigenvalue weighted by atomic mass is 35.5. The lowest BCUT2D eigenvalue weighted by Crippen LogP contribution is -2.39. The first-order valence-corrected chi connectivity index (χ1v) is 8.18. The number of aromatic nitrogens is 3. The third kappa shape index (κ3) is 2.72. The number of nitrogens with zero attached hydrogens (tertiary/aromatic N) is 3. The summed E-state index contributed by atoms with van der Waals surface area (Å²) in [6.07, 6.45) is 2.99. The predicted octanol–water partition coefficient (Wildman–Crippen LogP) is 0.851. The van der Waals surface area contributed by atoms with Crippen molar-refractivity contribution in [2.45, 2.75) is 44.1 Å². The summed E-state index contributed by atoms with van der Waals surface area (Å²) in [5.41, 5.74) is 1.98. The Bertz CT molecular complexity index is 680. The molecule has 0 amide bonds. The lowest BCUT2D eigenvalue weighted by atomic mass is 10.0. The Hall–Kier alpha value is -1.25. The van der Waals surface area contributed by atoms with Crippen molar-refractivity contribution in [1.82, 2.24) is 19.9 Å². The molecule has 0 bridgehead atoms. The molecule has 0 radical (unpaired) electrons. The molecule has 1 aliphatic heterocycles. The van der Waals surface area contributed by atoms with Crippen LogP contribution in [0.1, 0.15) is 31.4 Å². The Kier molecular flexibility index (Phi) is 4.84. The van der Waals surface area contributed by atoms with Gasteiger partial charge in [-0.2, -0.15) is 0 Å². The van der Waals surface area contributed by atoms with Gasteiger partial charge in [-0.3, -0.25) is 4.90 Å². The SMILES string of the molecule is CCCCN1C(CO)C(O)C(O)C1c1c[nH]c2c(Cl)ncnc12. The number of unbranched alkanes of at least 4 members (excludes halogenated alkanes) is 1. The molecule has 126 valence electrons. The summed E-state index contributed by atoms with van der Waals surface area (Å²) in [7, 11) is 0. The van der Waals surface area contributed by atoms with E-state index >= 15 is 0 Å². The number of halogens is 1. The highest BCUT2D eigenvalue weighted by Crippen LogP contribution is 2.39. The molecule has 1 fully saturated rings. The number of H-pyrrole nitrogens is 1. The lowest BCUT2D eigenvalue weighted by Gasteiger charge is -2.29. The Morgan fingerprint density at radius 3 is 2.78 bits per heavy atom. The number of hydrogen-bond donors (Lipinski definition) is 4. The van der Waals surface area contributed by atoms with Crippen LogP contribution in [0.15, 0.2) is 12.5 Å². The van der Waals surface area contributed by atoms with E-state index in [1.54, 1.807) is 6.20 Å². The van der Waals surface area contributed by atoms with Crippen LogP contribution in [-0.2, 0) is 0 Å². The fourth-order valence-corrected chi connectivity index (χ4v) is 3.58. The van der Waals surface area contributed by atoms with Gasteiger partial charge in [0.05, 0.1) is 30.3 Å². The van der Waals surface area contributed by atoms with Gasteiger partial charge < -0.3 is 20.3 Å². The van der Waals surface area contributed by atoms with Crippen LogP contribution in [0.25, 0.3) is 11.0 Å². The third-order valence-corrected chi connectivity index (χ3v) is 4.86. The maximum Gasteiger partial charge on any atom is 0.156 e. The molecule has 4 N–H and O–H groups in total. The fourth-order valence-electron chi connectivity index (χ4n) is 3.39. The molecule has 3 heterocycles. The van der Waals surface area contributed by atoms with Crippen molar-refractivity contribution < 1.29 is 15.3 Å². The topological polar surface area (TPSA) is 106 Å². The van der Waals surface area contributed by atoms with Crippen LogP contribution in [-0.4, -0.2) is 66.6 Å². The van der Waals surface area contributed by atoms with Crippen LogP contribution in [0.2, 0.25) is 5.15 Å². The average Bonchev–Trinajstić information content (AvgIpc) is 3.06. The maximum atomic E-state index is 10.5. The minimum absolute atomic E-state index is 0.212. The van der Waals surface area contributed by atoms with Gasteiger partial charge in [0.25, 0.3) is 0 Å². The van der Waals surface area contributed by atoms with Crippen molar-refractivity contribution in [3.05, 3.63) is 23.2 Å². The van der Waals surface area contributed by atoms with Crippen molar-refractivity contribution in [3.63, 3.8) is 0 Å². The van der Waals surface area contributed by atoms with E-state index in [9.17, 15) is 15.3 Å². The highest BCUT2D eigenvalue weighted by molar-refractivity contribution is 6.33. The van der Waals surface area contributed by atoms with E-state index in [0.717, 1.165) is 18.4 Å². The second-order valence-electron chi connectivity index (χ2n) is 5.90. The number of aliphatic hydroxyl groups excluding tert-OH is 3. The molecule has 2 aromatic rings. The lowest BCUT2D eigenvalue weighted by molar-refractivity contribution is 0.0179. The zero-order chi connectivity index (χ0) is 16.6. The van der Waals surface area contributed by atoms with E-state index in [2.05, 4.69) is 21.9 Å². The van der Waals surface area contributed by atoms with E-state index in [1.807, 2.05) is 4.90 Å². The first-order valence-electron chi connectivity index (χ1n) is 7.80. The smallest absolute Gasteiger partial charge is 0.156 e. The Morgan fingerprint density at radius 2 is 2.09 bits per heavy atom. The van der Waals surface area contributed by atoms with Crippen molar-refractivity contribution in [2.75, 3.05) is 13.2 Å². The van der Waals surface area contributed by atoms with Gasteiger partial charge in [-0.15, -0.1) is 0 Å². The summed E-state index contributed by atoms with van der Waals surface area (Å²) in [5, 5.41) is 30.8. The molecule has 3 rings (SSSR count). The molecular formula is C15H21ClN4O3. The number of fused-ring (bicyclic) bond motifs is 1. The van der Waals surface area contributed by atoms with Gasteiger partial charge >= 0.3 is 0 Å². The molecule has 1 aliphatic rings. The normalized spacial score (nSPS) is 28.7. The van der Waals surface area contributed by atoms with Crippen LogP contribution >= 0.6 is 11.6 Å². The standard InChI is InChI=1S/C15H21ClN4O3/c1-2-3-4-20-9(6-21)13(22)14(23)12(20)8-5-17-11-10(8)18-7-19-15(11)16/h5,7,9,12-14,17,21-23H,2-4,6H2,1H3. The van der Waals surface area contributed by atoms with Gasteiger partial charge in [0.15, 0.2) is 5.15 Å². The summed E-state index contributed by atoms with van der Waals surface area (Å²) >= 11 is 6.07. The van der Waals surface area contributed by atoms with Crippen molar-refractivity contribution in [1.29, 1.82) is 0 Å². The first-order chi connectivity index (χ1) is 11.1. The molecule has 0 spiro atoms. The molecular weight excluding hydrogens is 320 g/mol. The Balaban J connectivity index is 2.04. The molecule has 0 aromatic carbocycles. The van der Waals surface area contributed by atoms with Crippen molar-refractivity contribution >= 4 is 22.6 Å². The van der Waals surface area contributed by atoms with E-state index < -0.39 is 24.3 Å². The van der Waals surface area contributed by atoms with Gasteiger partial charge in [-0.25, -0.2) is 9.97 Å². The van der Waals surface area contributed by atoms with Crippen molar-refractivity contribution in [3.8, 4) is 0 Å². The van der Waals surface area contributed by atoms with E-state index in [4.69, 9.17) is 11.6 Å². The van der Waals surface area contributed by atoms with Crippen LogP contribution in [0.3, 0.4) is 0 Å². The summed E-state index contributed by atoms with van der Waals surface area (Å²) in [5.74, 6) is 0. The van der Waals surface area contributed by atoms with Crippen LogP contribution in [0.4, 0.5) is 0 Å². The molecule has 2 aromatic heterocycles. The van der Waals surface area contributed by atoms with Crippen LogP contribution in [0.5, 0.6) is 0 Å². The minimum atomic E-state index is -1.01. The number of nitrogens with one attached hydrogen (secondary N) is 1. The summed E-state index contributed by atoms with van der Waals surface area (Å²) < 4.78 is 0. The predicted molar refractivity (Wildman–Crippen MR) is 86.1 cm³/mol. The monoisotopic (exact) mass is 340 g/mol. The Labute approximate surface area is 138 Å². The van der Waals surface area contributed by atoms with Gasteiger partial charge in [0, 0.05) is 11.8 Å². The molecule has 8 heteroatoms. The van der Waals surface area contributed by atoms with Crippen LogP contribution in [0, 0.1) is 0 Å². The van der Waals surface area contributed by atoms with Gasteiger partial charge in [-0.1, -0.05) is 24.9 Å². The summed E-state index contributed by atoms with van der Waals surface area (Å²) in [6.45, 7) is 2.53. The minimum Gasteiger partial charge on any atom is -0.395 e. The third-order valence-electron chi connectivity index (χ3n) is 4.57. The molecule has 23 heavy (non-hydrogen) atoms. The molecule has 7 nitrogen and oxygen atoms in total. The number of aliphatic hydroxyl groups is 3. The highest BCUT2D eigenvalue weighted by Gasteiger charge is 2.48. The van der Waals surface area contributed by atoms with Crippen LogP contribution < -0.4 is 0 Å². The van der Waals surface area contributed by atoms with E-state index in [1.165, 1.54) is 6.33 Å². The van der Waals surface area contributed by atoms with Gasteiger partial charge in [0.1, 0.15) is 17.9 Å². The summed E-state index contributed by atoms with van der Waals surface area (Å²) in [6, 6.07) is -0.947. The maximum absolute atomic E-state index is 10.5. The largest absolute Gasteiger partial charge is 0.395 e. The molecule has 4 unspecified atom stereocenters. The molecule has 0 saturated carbocycles. The number of hydrogen-bond acceptors (Lipinski definition) is 6. The number of likely N-dealkylation sites (tertiary alicyclic amines) is 1. The van der Waals surface area contributed by atoms with Crippen molar-refractivity contribution in [2.24, 2.45) is 0 Å². The first kappa shape index (κ1) is 16.6. The zero-order valence-corrected chi connectivity index (χ0v) is 13.6. The molecule has 0 aliphatic carbocycles. The number of rotatable bonds is 5. The fraction of sp³-hybridized carbons (Fsp3) is 0.600. The van der Waals surface area contributed by atoms with E-state index in [0.29, 0.717) is 22.7 Å². The second kappa shape index (κ2) is 6.70. The van der Waals surface area contributed by atoms with E-state index in [-0.39, 0.29) is 6.61 Å². The second-order valence-corrected chi connectivity index (χ2v) is 6.26. The average molecular weight is 341 g/mol. The van der Waals surface area contributed by atoms with Gasteiger partial charge in [0.2, 0.25) is 0 Å². The summed E-state index contributed by atoms with van der Waals surface area (Å²) in [4.78, 5) is 13.2. The quantitative estimate of drug-likeness (QED) is 0.601. The Morgan fingerprint density at radius 1 is 1.30 bits per heavy atom. The molecule has 1 saturated heterocycles. The molecule has 4 atom stereocenters. The number of aromatic amines is 1. The zero-order valence-electron chi connectivity index (χ0n) is 12.9. The van der Waals surface area contributed by atoms with Gasteiger partial charge in [-0.05, 0) is 13.0 Å².